The van der Waals surface area contributed by atoms with Gasteiger partial charge in [0.25, 0.3) is 0 Å². The summed E-state index contributed by atoms with van der Waals surface area (Å²) in [6.45, 7) is 0.517. The Hall–Kier alpha value is -4.47. The predicted molar refractivity (Wildman–Crippen MR) is 128 cm³/mol. The first-order valence-electron chi connectivity index (χ1n) is 11.3. The average Bonchev–Trinajstić information content (AvgIpc) is 3.32. The summed E-state index contributed by atoms with van der Waals surface area (Å²) in [5.41, 5.74) is -1.92. The van der Waals surface area contributed by atoms with Crippen molar-refractivity contribution in [3.05, 3.63) is 88.3 Å². The number of carboxylic acids is 1. The summed E-state index contributed by atoms with van der Waals surface area (Å²) in [4.78, 5) is 30.3. The molecular formula is C26H21F2N3O5. The quantitative estimate of drug-likeness (QED) is 0.416. The first kappa shape index (κ1) is 23.3. The molecule has 8 nitrogen and oxygen atoms in total. The van der Waals surface area contributed by atoms with Gasteiger partial charge in [0.15, 0.2) is 5.82 Å². The topological polar surface area (TPSA) is 105 Å². The highest BCUT2D eigenvalue weighted by atomic mass is 19.1. The van der Waals surface area contributed by atoms with Gasteiger partial charge in [-0.2, -0.15) is 0 Å². The highest BCUT2D eigenvalue weighted by molar-refractivity contribution is 5.94. The van der Waals surface area contributed by atoms with Crippen LogP contribution in [0.25, 0.3) is 16.6 Å². The van der Waals surface area contributed by atoms with Crippen molar-refractivity contribution in [2.75, 3.05) is 18.1 Å². The third kappa shape index (κ3) is 4.10. The summed E-state index contributed by atoms with van der Waals surface area (Å²) in [5.74, 6) is -3.14. The van der Waals surface area contributed by atoms with E-state index in [1.165, 1.54) is 28.8 Å². The second-order valence-electron chi connectivity index (χ2n) is 8.45. The first-order chi connectivity index (χ1) is 17.3. The van der Waals surface area contributed by atoms with Crippen molar-refractivity contribution in [2.24, 2.45) is 0 Å². The molecular weight excluding hydrogens is 472 g/mol. The van der Waals surface area contributed by atoms with Gasteiger partial charge in [0, 0.05) is 30.7 Å². The minimum atomic E-state index is -1.52. The van der Waals surface area contributed by atoms with Gasteiger partial charge in [0.1, 0.15) is 29.4 Å². The summed E-state index contributed by atoms with van der Waals surface area (Å²) in [6.07, 6.45) is 3.90. The van der Waals surface area contributed by atoms with E-state index in [9.17, 15) is 19.8 Å². The van der Waals surface area contributed by atoms with Gasteiger partial charge in [-0.05, 0) is 49.2 Å². The third-order valence-electron chi connectivity index (χ3n) is 6.24. The van der Waals surface area contributed by atoms with E-state index in [1.807, 2.05) is 0 Å². The van der Waals surface area contributed by atoms with Crippen molar-refractivity contribution in [1.82, 2.24) is 9.55 Å². The van der Waals surface area contributed by atoms with Crippen LogP contribution in [0.4, 0.5) is 14.5 Å². The van der Waals surface area contributed by atoms with Gasteiger partial charge in [-0.3, -0.25) is 4.79 Å². The molecule has 0 unspecified atom stereocenters. The Balaban J connectivity index is 1.65. The Labute approximate surface area is 203 Å². The molecule has 0 aliphatic carbocycles. The Bertz CT molecular complexity index is 1510. The lowest BCUT2D eigenvalue weighted by atomic mass is 10.1. The summed E-state index contributed by atoms with van der Waals surface area (Å²) in [6, 6.07) is 11.3. The third-order valence-corrected chi connectivity index (χ3v) is 6.24. The standard InChI is InChI=1S/C26H21F2N3O5/c27-20-12-18-23(31(13-19(25(18)33)26(34)35)15-6-8-17(32)9-7-15)22(28)24(20)30-11-3-4-16(30)14-36-21-5-1-2-10-29-21/h1-2,5-10,12-13,16,32H,3-4,11,14H2,(H,34,35)/t16-/m1/s1. The summed E-state index contributed by atoms with van der Waals surface area (Å²) in [7, 11) is 0. The largest absolute Gasteiger partial charge is 0.508 e. The molecule has 0 bridgehead atoms. The second kappa shape index (κ2) is 9.29. The number of fused-ring (bicyclic) bond motifs is 1. The SMILES string of the molecule is O=C(O)c1cn(-c2ccc(O)cc2)c2c(F)c(N3CCC[C@@H]3COc3ccccn3)c(F)cc2c1=O. The van der Waals surface area contributed by atoms with Crippen LogP contribution in [0, 0.1) is 11.6 Å². The van der Waals surface area contributed by atoms with E-state index >= 15 is 8.78 Å². The molecule has 3 heterocycles. The lowest BCUT2D eigenvalue weighted by Crippen LogP contribution is -2.36. The number of anilines is 1. The fourth-order valence-corrected chi connectivity index (χ4v) is 4.55. The van der Waals surface area contributed by atoms with E-state index in [0.29, 0.717) is 25.3 Å². The molecule has 0 spiro atoms. The van der Waals surface area contributed by atoms with Gasteiger partial charge in [-0.1, -0.05) is 6.07 Å². The molecule has 1 fully saturated rings. The van der Waals surface area contributed by atoms with Crippen LogP contribution < -0.4 is 15.1 Å². The zero-order valence-electron chi connectivity index (χ0n) is 18.9. The molecule has 0 radical (unpaired) electrons. The maximum Gasteiger partial charge on any atom is 0.341 e. The Morgan fingerprint density at radius 2 is 1.94 bits per heavy atom. The van der Waals surface area contributed by atoms with Crippen LogP contribution in [-0.2, 0) is 0 Å². The van der Waals surface area contributed by atoms with Gasteiger partial charge in [0.05, 0.1) is 16.9 Å². The van der Waals surface area contributed by atoms with Crippen LogP contribution in [0.5, 0.6) is 11.6 Å². The number of halogens is 2. The zero-order valence-corrected chi connectivity index (χ0v) is 18.9. The van der Waals surface area contributed by atoms with Crippen molar-refractivity contribution in [3.8, 4) is 17.3 Å². The summed E-state index contributed by atoms with van der Waals surface area (Å²) >= 11 is 0. The molecule has 1 saturated heterocycles. The minimum Gasteiger partial charge on any atom is -0.508 e. The molecule has 2 aromatic carbocycles. The molecule has 184 valence electrons. The predicted octanol–water partition coefficient (Wildman–Crippen LogP) is 4.12. The highest BCUT2D eigenvalue weighted by Gasteiger charge is 2.32. The number of rotatable bonds is 6. The summed E-state index contributed by atoms with van der Waals surface area (Å²) < 4.78 is 38.5. The lowest BCUT2D eigenvalue weighted by molar-refractivity contribution is 0.0695. The molecule has 0 saturated carbocycles. The lowest BCUT2D eigenvalue weighted by Gasteiger charge is -2.28. The second-order valence-corrected chi connectivity index (χ2v) is 8.45. The van der Waals surface area contributed by atoms with Crippen LogP contribution in [0.2, 0.25) is 0 Å². The number of aromatic carboxylic acids is 1. The highest BCUT2D eigenvalue weighted by Crippen LogP contribution is 2.35. The Morgan fingerprint density at radius 3 is 2.64 bits per heavy atom. The van der Waals surface area contributed by atoms with E-state index in [1.54, 1.807) is 29.3 Å². The van der Waals surface area contributed by atoms with Gasteiger partial charge in [-0.25, -0.2) is 18.6 Å². The van der Waals surface area contributed by atoms with Crippen molar-refractivity contribution < 1.29 is 28.5 Å². The number of carbonyl (C=O) groups is 1. The molecule has 10 heteroatoms. The minimum absolute atomic E-state index is 0.0532. The molecule has 36 heavy (non-hydrogen) atoms. The molecule has 5 rings (SSSR count). The van der Waals surface area contributed by atoms with E-state index in [0.717, 1.165) is 12.3 Å². The molecule has 1 atom stereocenters. The molecule has 1 aliphatic heterocycles. The number of benzene rings is 2. The number of hydrogen-bond acceptors (Lipinski definition) is 6. The number of aromatic hydroxyl groups is 1. The Morgan fingerprint density at radius 1 is 1.17 bits per heavy atom. The number of nitrogens with zero attached hydrogens (tertiary/aromatic N) is 3. The Kier molecular flexibility index (Phi) is 6.01. The van der Waals surface area contributed by atoms with Gasteiger partial charge >= 0.3 is 5.97 Å². The summed E-state index contributed by atoms with van der Waals surface area (Å²) in [5, 5.41) is 18.8. The number of carboxylic acid groups (broad SMARTS) is 1. The van der Waals surface area contributed by atoms with Gasteiger partial charge in [0.2, 0.25) is 11.3 Å². The number of ether oxygens (including phenoxy) is 1. The van der Waals surface area contributed by atoms with Crippen LogP contribution in [0.15, 0.2) is 65.7 Å². The number of phenolic OH excluding ortho intramolecular Hbond substituents is 1. The van der Waals surface area contributed by atoms with Crippen LogP contribution in [0.1, 0.15) is 23.2 Å². The van der Waals surface area contributed by atoms with Crippen molar-refractivity contribution in [1.29, 1.82) is 0 Å². The number of aromatic nitrogens is 2. The first-order valence-corrected chi connectivity index (χ1v) is 11.3. The smallest absolute Gasteiger partial charge is 0.341 e. The van der Waals surface area contributed by atoms with E-state index in [2.05, 4.69) is 4.98 Å². The zero-order chi connectivity index (χ0) is 25.4. The number of hydrogen-bond donors (Lipinski definition) is 2. The molecule has 2 aromatic heterocycles. The van der Waals surface area contributed by atoms with Crippen molar-refractivity contribution >= 4 is 22.6 Å². The maximum absolute atomic E-state index is 16.2. The normalized spacial score (nSPS) is 15.4. The van der Waals surface area contributed by atoms with Crippen LogP contribution in [0.3, 0.4) is 0 Å². The molecule has 0 amide bonds. The maximum atomic E-state index is 16.2. The number of pyridine rings is 2. The van der Waals surface area contributed by atoms with Gasteiger partial charge < -0.3 is 24.4 Å². The number of phenols is 1. The van der Waals surface area contributed by atoms with Crippen molar-refractivity contribution in [2.45, 2.75) is 18.9 Å². The molecule has 4 aromatic rings. The monoisotopic (exact) mass is 493 g/mol. The fourth-order valence-electron chi connectivity index (χ4n) is 4.55. The molecule has 2 N–H and O–H groups in total. The van der Waals surface area contributed by atoms with E-state index in [4.69, 9.17) is 4.74 Å². The van der Waals surface area contributed by atoms with Crippen LogP contribution in [-0.4, -0.2) is 44.9 Å². The average molecular weight is 493 g/mol. The van der Waals surface area contributed by atoms with Crippen molar-refractivity contribution in [3.63, 3.8) is 0 Å². The van der Waals surface area contributed by atoms with E-state index < -0.39 is 34.0 Å². The molecule has 1 aliphatic rings. The van der Waals surface area contributed by atoms with E-state index in [-0.39, 0.29) is 35.3 Å². The van der Waals surface area contributed by atoms with Crippen LogP contribution >= 0.6 is 0 Å². The van der Waals surface area contributed by atoms with Gasteiger partial charge in [-0.15, -0.1) is 0 Å². The fraction of sp³-hybridized carbons (Fsp3) is 0.192.